The van der Waals surface area contributed by atoms with Gasteiger partial charge in [0.25, 0.3) is 0 Å². The maximum atomic E-state index is 12.6. The summed E-state index contributed by atoms with van der Waals surface area (Å²) in [5, 5.41) is 8.39. The summed E-state index contributed by atoms with van der Waals surface area (Å²) in [4.78, 5) is 1.87. The molecule has 0 unspecified atom stereocenters. The Kier molecular flexibility index (Phi) is 6.12. The average molecular weight is 346 g/mol. The molecule has 0 aliphatic carbocycles. The van der Waals surface area contributed by atoms with Gasteiger partial charge in [0.05, 0.1) is 0 Å². The van der Waals surface area contributed by atoms with Crippen molar-refractivity contribution in [2.75, 3.05) is 13.6 Å². The molecule has 2 rings (SSSR count). The molecule has 0 atom stereocenters. The monoisotopic (exact) mass is 346 g/mol. The number of nitrogens with one attached hydrogen (secondary N) is 1. The number of hydrogen-bond acceptors (Lipinski definition) is 2. The van der Waals surface area contributed by atoms with E-state index in [0.717, 1.165) is 28.8 Å². The van der Waals surface area contributed by atoms with E-state index in [9.17, 15) is 8.78 Å². The molecule has 0 spiro atoms. The Hall–Kier alpha value is -2.43. The second kappa shape index (κ2) is 8.10. The minimum absolute atomic E-state index is 0.195. The number of alkyl halides is 2. The molecule has 5 heteroatoms. The second-order valence-corrected chi connectivity index (χ2v) is 6.12. The lowest BCUT2D eigenvalue weighted by atomic mass is 9.93. The third kappa shape index (κ3) is 4.56. The molecule has 0 bridgehead atoms. The zero-order valence-corrected chi connectivity index (χ0v) is 15.1. The van der Waals surface area contributed by atoms with E-state index in [4.69, 9.17) is 5.41 Å². The lowest BCUT2D eigenvalue weighted by Crippen LogP contribution is -2.27. The number of nitrogens with zero attached hydrogens (tertiary/aromatic N) is 1. The highest BCUT2D eigenvalue weighted by Gasteiger charge is 2.15. The molecular weight excluding hydrogens is 322 g/mol. The molecule has 25 heavy (non-hydrogen) atoms. The standard InChI is InChI=1S/C20H24F2N2O/c1-5-24(4)19(23)17-11-13(2)10-16(14(17)3)12-15-8-6-7-9-18(15)25-20(21)22/h6-11,20,23H,5,12H2,1-4H3. The van der Waals surface area contributed by atoms with Crippen molar-refractivity contribution in [3.63, 3.8) is 0 Å². The quantitative estimate of drug-likeness (QED) is 0.604. The number of amidine groups is 1. The van der Waals surface area contributed by atoms with Crippen LogP contribution in [0.2, 0.25) is 0 Å². The first-order valence-electron chi connectivity index (χ1n) is 8.26. The van der Waals surface area contributed by atoms with Crippen molar-refractivity contribution in [1.82, 2.24) is 4.90 Å². The van der Waals surface area contributed by atoms with E-state index in [1.54, 1.807) is 18.2 Å². The Balaban J connectivity index is 2.41. The molecule has 0 amide bonds. The number of rotatable bonds is 6. The summed E-state index contributed by atoms with van der Waals surface area (Å²) in [6.07, 6.45) is 0.479. The fourth-order valence-corrected chi connectivity index (χ4v) is 2.79. The predicted molar refractivity (Wildman–Crippen MR) is 96.9 cm³/mol. The van der Waals surface area contributed by atoms with Gasteiger partial charge in [-0.05, 0) is 49.6 Å². The van der Waals surface area contributed by atoms with Crippen LogP contribution in [0.3, 0.4) is 0 Å². The summed E-state index contributed by atoms with van der Waals surface area (Å²) >= 11 is 0. The van der Waals surface area contributed by atoms with Crippen LogP contribution in [0.4, 0.5) is 8.78 Å². The van der Waals surface area contributed by atoms with Gasteiger partial charge in [-0.15, -0.1) is 0 Å². The highest BCUT2D eigenvalue weighted by atomic mass is 19.3. The van der Waals surface area contributed by atoms with E-state index in [1.165, 1.54) is 0 Å². The second-order valence-electron chi connectivity index (χ2n) is 6.12. The van der Waals surface area contributed by atoms with Crippen LogP contribution >= 0.6 is 0 Å². The largest absolute Gasteiger partial charge is 0.435 e. The first kappa shape index (κ1) is 18.9. The van der Waals surface area contributed by atoms with Crippen molar-refractivity contribution in [1.29, 1.82) is 5.41 Å². The number of para-hydroxylation sites is 1. The molecule has 2 aromatic carbocycles. The Morgan fingerprint density at radius 3 is 2.48 bits per heavy atom. The summed E-state index contributed by atoms with van der Waals surface area (Å²) in [7, 11) is 1.88. The van der Waals surface area contributed by atoms with Gasteiger partial charge in [-0.3, -0.25) is 5.41 Å². The van der Waals surface area contributed by atoms with Crippen LogP contribution in [0.5, 0.6) is 5.75 Å². The van der Waals surface area contributed by atoms with Gasteiger partial charge in [-0.25, -0.2) is 0 Å². The van der Waals surface area contributed by atoms with Crippen LogP contribution in [0.25, 0.3) is 0 Å². The van der Waals surface area contributed by atoms with E-state index in [2.05, 4.69) is 4.74 Å². The minimum Gasteiger partial charge on any atom is -0.435 e. The topological polar surface area (TPSA) is 36.3 Å². The molecule has 0 aliphatic rings. The molecule has 134 valence electrons. The molecule has 0 saturated heterocycles. The van der Waals surface area contributed by atoms with Crippen LogP contribution in [-0.2, 0) is 6.42 Å². The Morgan fingerprint density at radius 1 is 1.16 bits per heavy atom. The van der Waals surface area contributed by atoms with Crippen molar-refractivity contribution in [2.24, 2.45) is 0 Å². The number of aryl methyl sites for hydroxylation is 1. The molecule has 0 fully saturated rings. The number of hydrogen-bond donors (Lipinski definition) is 1. The van der Waals surface area contributed by atoms with Gasteiger partial charge in [-0.1, -0.05) is 29.8 Å². The van der Waals surface area contributed by atoms with Crippen molar-refractivity contribution >= 4 is 5.84 Å². The summed E-state index contributed by atoms with van der Waals surface area (Å²) in [5.41, 5.74) is 4.61. The summed E-state index contributed by atoms with van der Waals surface area (Å²) < 4.78 is 29.9. The Labute approximate surface area is 147 Å². The maximum absolute atomic E-state index is 12.6. The summed E-state index contributed by atoms with van der Waals surface area (Å²) in [5.74, 6) is 0.655. The smallest absolute Gasteiger partial charge is 0.387 e. The van der Waals surface area contributed by atoms with E-state index in [-0.39, 0.29) is 5.75 Å². The lowest BCUT2D eigenvalue weighted by Gasteiger charge is -2.21. The van der Waals surface area contributed by atoms with Gasteiger partial charge >= 0.3 is 6.61 Å². The third-order valence-corrected chi connectivity index (χ3v) is 4.34. The first-order chi connectivity index (χ1) is 11.8. The van der Waals surface area contributed by atoms with Crippen molar-refractivity contribution in [3.8, 4) is 5.75 Å². The molecule has 0 saturated carbocycles. The zero-order chi connectivity index (χ0) is 18.6. The van der Waals surface area contributed by atoms with Gasteiger partial charge in [0.15, 0.2) is 0 Å². The summed E-state index contributed by atoms with van der Waals surface area (Å²) in [6, 6.07) is 10.9. The van der Waals surface area contributed by atoms with Gasteiger partial charge in [-0.2, -0.15) is 8.78 Å². The number of benzene rings is 2. The molecule has 0 aliphatic heterocycles. The van der Waals surface area contributed by atoms with Gasteiger partial charge in [0.1, 0.15) is 11.6 Å². The van der Waals surface area contributed by atoms with Crippen molar-refractivity contribution in [3.05, 3.63) is 64.2 Å². The first-order valence-corrected chi connectivity index (χ1v) is 8.26. The number of halogens is 2. The Morgan fingerprint density at radius 2 is 1.84 bits per heavy atom. The highest BCUT2D eigenvalue weighted by Crippen LogP contribution is 2.26. The molecule has 3 nitrogen and oxygen atoms in total. The normalized spacial score (nSPS) is 10.8. The van der Waals surface area contributed by atoms with Gasteiger partial charge < -0.3 is 9.64 Å². The maximum Gasteiger partial charge on any atom is 0.387 e. The van der Waals surface area contributed by atoms with Crippen LogP contribution in [0, 0.1) is 19.3 Å². The van der Waals surface area contributed by atoms with Crippen LogP contribution < -0.4 is 4.74 Å². The van der Waals surface area contributed by atoms with Crippen LogP contribution in [0.1, 0.15) is 34.7 Å². The highest BCUT2D eigenvalue weighted by molar-refractivity contribution is 5.98. The van der Waals surface area contributed by atoms with Crippen molar-refractivity contribution in [2.45, 2.75) is 33.8 Å². The van der Waals surface area contributed by atoms with Crippen LogP contribution in [-0.4, -0.2) is 30.9 Å². The molecule has 2 aromatic rings. The zero-order valence-electron chi connectivity index (χ0n) is 15.1. The molecule has 1 N–H and O–H groups in total. The van der Waals surface area contributed by atoms with E-state index in [0.29, 0.717) is 17.8 Å². The third-order valence-electron chi connectivity index (χ3n) is 4.34. The lowest BCUT2D eigenvalue weighted by molar-refractivity contribution is -0.0503. The predicted octanol–water partition coefficient (Wildman–Crippen LogP) is 4.77. The fourth-order valence-electron chi connectivity index (χ4n) is 2.79. The molecule has 0 heterocycles. The minimum atomic E-state index is -2.85. The molecular formula is C20H24F2N2O. The Bertz CT molecular complexity index is 759. The van der Waals surface area contributed by atoms with E-state index in [1.807, 2.05) is 50.9 Å². The van der Waals surface area contributed by atoms with E-state index >= 15 is 0 Å². The van der Waals surface area contributed by atoms with Crippen molar-refractivity contribution < 1.29 is 13.5 Å². The summed E-state index contributed by atoms with van der Waals surface area (Å²) in [6.45, 7) is 3.85. The van der Waals surface area contributed by atoms with E-state index < -0.39 is 6.61 Å². The SMILES string of the molecule is CCN(C)C(=N)c1cc(C)cc(Cc2ccccc2OC(F)F)c1C. The van der Waals surface area contributed by atoms with Crippen LogP contribution in [0.15, 0.2) is 36.4 Å². The van der Waals surface area contributed by atoms with Gasteiger partial charge in [0.2, 0.25) is 0 Å². The molecule has 0 radical (unpaired) electrons. The average Bonchev–Trinajstić information content (AvgIpc) is 2.57. The fraction of sp³-hybridized carbons (Fsp3) is 0.350. The number of ether oxygens (including phenoxy) is 1. The molecule has 0 aromatic heterocycles. The van der Waals surface area contributed by atoms with Gasteiger partial charge in [0, 0.05) is 25.6 Å².